The van der Waals surface area contributed by atoms with Crippen molar-refractivity contribution in [3.63, 3.8) is 0 Å². The molecule has 4 nitrogen and oxygen atoms in total. The molecule has 0 spiro atoms. The average molecular weight is 475 g/mol. The van der Waals surface area contributed by atoms with Crippen LogP contribution in [0.4, 0.5) is 0 Å². The van der Waals surface area contributed by atoms with Crippen molar-refractivity contribution in [3.05, 3.63) is 76.6 Å². The van der Waals surface area contributed by atoms with Crippen LogP contribution >= 0.6 is 7.14 Å². The van der Waals surface area contributed by atoms with Gasteiger partial charge in [-0.1, -0.05) is 25.1 Å². The molecule has 0 amide bonds. The number of hydrogen-bond acceptors (Lipinski definition) is 4. The Balaban J connectivity index is 1.49. The summed E-state index contributed by atoms with van der Waals surface area (Å²) in [5, 5.41) is 2.37. The minimum Gasteiger partial charge on any atom is -0.494 e. The van der Waals surface area contributed by atoms with Crippen LogP contribution in [0.15, 0.2) is 48.7 Å². The number of ether oxygens (including phenoxy) is 1. The Bertz CT molecular complexity index is 1370. The lowest BCUT2D eigenvalue weighted by Gasteiger charge is -2.12. The van der Waals surface area contributed by atoms with E-state index in [4.69, 9.17) is 14.7 Å². The lowest BCUT2D eigenvalue weighted by molar-refractivity contribution is 0.317. The molecule has 0 N–H and O–H groups in total. The second kappa shape index (κ2) is 10.3. The summed E-state index contributed by atoms with van der Waals surface area (Å²) in [6, 6.07) is 15.1. The van der Waals surface area contributed by atoms with Crippen molar-refractivity contribution in [2.24, 2.45) is 0 Å². The maximum atomic E-state index is 11.8. The smallest absolute Gasteiger partial charge is 0.119 e. The summed E-state index contributed by atoms with van der Waals surface area (Å²) in [5.74, 6) is 0.886. The van der Waals surface area contributed by atoms with Crippen molar-refractivity contribution < 1.29 is 9.30 Å². The monoisotopic (exact) mass is 474 g/mol. The molecule has 0 aliphatic carbocycles. The number of pyridine rings is 2. The molecule has 0 saturated heterocycles. The van der Waals surface area contributed by atoms with Crippen LogP contribution in [0.2, 0.25) is 0 Å². The summed E-state index contributed by atoms with van der Waals surface area (Å²) < 4.78 is 17.7. The minimum atomic E-state index is -1.97. The molecule has 0 saturated carbocycles. The highest BCUT2D eigenvalue weighted by Gasteiger charge is 2.11. The second-order valence-electron chi connectivity index (χ2n) is 9.76. The van der Waals surface area contributed by atoms with Crippen molar-refractivity contribution >= 4 is 28.9 Å². The molecular formula is C29H35N2O2P. The lowest BCUT2D eigenvalue weighted by atomic mass is 9.99. The van der Waals surface area contributed by atoms with Gasteiger partial charge in [-0.25, -0.2) is 0 Å². The van der Waals surface area contributed by atoms with E-state index in [1.54, 1.807) is 0 Å². The Hall–Kier alpha value is -2.71. The highest BCUT2D eigenvalue weighted by molar-refractivity contribution is 7.62. The van der Waals surface area contributed by atoms with Crippen molar-refractivity contribution in [1.82, 2.24) is 9.97 Å². The SMILES string of the molecule is CCc1nc2cc(C)ccc2c2cc(CCc3ccc(OCCCP(C)(C)=O)cc3C)cnc12. The minimum absolute atomic E-state index is 0.606. The van der Waals surface area contributed by atoms with Gasteiger partial charge in [-0.3, -0.25) is 9.97 Å². The van der Waals surface area contributed by atoms with E-state index in [-0.39, 0.29) is 0 Å². The zero-order valence-corrected chi connectivity index (χ0v) is 21.9. The van der Waals surface area contributed by atoms with E-state index in [1.807, 2.05) is 25.6 Å². The van der Waals surface area contributed by atoms with Crippen molar-refractivity contribution in [1.29, 1.82) is 0 Å². The topological polar surface area (TPSA) is 52.1 Å². The summed E-state index contributed by atoms with van der Waals surface area (Å²) in [4.78, 5) is 9.71. The van der Waals surface area contributed by atoms with Crippen LogP contribution in [-0.2, 0) is 23.8 Å². The van der Waals surface area contributed by atoms with E-state index in [0.717, 1.165) is 54.3 Å². The predicted octanol–water partition coefficient (Wildman–Crippen LogP) is 7.14. The summed E-state index contributed by atoms with van der Waals surface area (Å²) in [7, 11) is -1.97. The number of hydrogen-bond donors (Lipinski definition) is 0. The first kappa shape index (κ1) is 24.4. The molecule has 0 aliphatic rings. The number of fused-ring (bicyclic) bond motifs is 3. The van der Waals surface area contributed by atoms with Gasteiger partial charge in [0.05, 0.1) is 30.5 Å². The fraction of sp³-hybridized carbons (Fsp3) is 0.379. The second-order valence-corrected chi connectivity index (χ2v) is 13.4. The van der Waals surface area contributed by atoms with Crippen LogP contribution in [0.25, 0.3) is 21.8 Å². The third-order valence-electron chi connectivity index (χ3n) is 6.36. The zero-order chi connectivity index (χ0) is 24.3. The van der Waals surface area contributed by atoms with Crippen LogP contribution < -0.4 is 4.74 Å². The molecule has 0 unspecified atom stereocenters. The number of aromatic nitrogens is 2. The van der Waals surface area contributed by atoms with E-state index in [9.17, 15) is 4.57 Å². The Kier molecular flexibility index (Phi) is 7.38. The van der Waals surface area contributed by atoms with E-state index in [0.29, 0.717) is 6.61 Å². The predicted molar refractivity (Wildman–Crippen MR) is 144 cm³/mol. The molecule has 2 aromatic carbocycles. The third-order valence-corrected chi connectivity index (χ3v) is 7.75. The zero-order valence-electron chi connectivity index (χ0n) is 21.0. The largest absolute Gasteiger partial charge is 0.494 e. The van der Waals surface area contributed by atoms with Gasteiger partial charge in [-0.15, -0.1) is 0 Å². The Morgan fingerprint density at radius 2 is 1.79 bits per heavy atom. The number of nitrogens with zero attached hydrogens (tertiary/aromatic N) is 2. The average Bonchev–Trinajstić information content (AvgIpc) is 2.79. The fourth-order valence-corrected chi connectivity index (χ4v) is 5.33. The van der Waals surface area contributed by atoms with Gasteiger partial charge in [0, 0.05) is 23.1 Å². The molecule has 2 aromatic heterocycles. The molecule has 2 heterocycles. The molecule has 0 aliphatic heterocycles. The Morgan fingerprint density at radius 1 is 0.971 bits per heavy atom. The van der Waals surface area contributed by atoms with Gasteiger partial charge in [0.2, 0.25) is 0 Å². The standard InChI is InChI=1S/C29H35N2O2P/c1-6-27-29-26(25-13-8-20(2)16-28(25)31-27)18-22(19-30-29)9-10-23-11-12-24(17-21(23)3)33-14-7-15-34(4,5)32/h8,11-13,16-19H,6-7,9-10,14-15H2,1-5H3. The van der Waals surface area contributed by atoms with Gasteiger partial charge >= 0.3 is 0 Å². The van der Waals surface area contributed by atoms with E-state index in [2.05, 4.69) is 57.2 Å². The highest BCUT2D eigenvalue weighted by Crippen LogP contribution is 2.36. The lowest BCUT2D eigenvalue weighted by Crippen LogP contribution is -2.02. The van der Waals surface area contributed by atoms with E-state index >= 15 is 0 Å². The van der Waals surface area contributed by atoms with Crippen molar-refractivity contribution in [3.8, 4) is 5.75 Å². The van der Waals surface area contributed by atoms with Crippen LogP contribution in [0.1, 0.15) is 41.3 Å². The number of aryl methyl sites for hydroxylation is 5. The molecule has 4 aromatic rings. The quantitative estimate of drug-likeness (QED) is 0.147. The molecule has 0 atom stereocenters. The number of benzene rings is 2. The summed E-state index contributed by atoms with van der Waals surface area (Å²) >= 11 is 0. The summed E-state index contributed by atoms with van der Waals surface area (Å²) in [5.41, 5.74) is 8.16. The fourth-order valence-electron chi connectivity index (χ4n) is 4.44. The van der Waals surface area contributed by atoms with Crippen LogP contribution in [0.3, 0.4) is 0 Å². The maximum absolute atomic E-state index is 11.8. The van der Waals surface area contributed by atoms with Crippen molar-refractivity contribution in [2.75, 3.05) is 26.1 Å². The summed E-state index contributed by atoms with van der Waals surface area (Å²) in [6.45, 7) is 10.7. The van der Waals surface area contributed by atoms with Crippen molar-refractivity contribution in [2.45, 2.75) is 46.5 Å². The normalized spacial score (nSPS) is 11.9. The molecular weight excluding hydrogens is 439 g/mol. The van der Waals surface area contributed by atoms with E-state index in [1.165, 1.54) is 33.0 Å². The van der Waals surface area contributed by atoms with Crippen LogP contribution in [0, 0.1) is 13.8 Å². The van der Waals surface area contributed by atoms with E-state index < -0.39 is 7.14 Å². The van der Waals surface area contributed by atoms with Crippen LogP contribution in [-0.4, -0.2) is 36.1 Å². The molecule has 0 bridgehead atoms. The Morgan fingerprint density at radius 3 is 2.53 bits per heavy atom. The van der Waals surface area contributed by atoms with Gasteiger partial charge in [0.25, 0.3) is 0 Å². The van der Waals surface area contributed by atoms with Gasteiger partial charge < -0.3 is 9.30 Å². The molecule has 178 valence electrons. The van der Waals surface area contributed by atoms with Gasteiger partial charge in [-0.05, 0) is 99.4 Å². The van der Waals surface area contributed by atoms with Crippen LogP contribution in [0.5, 0.6) is 5.75 Å². The highest BCUT2D eigenvalue weighted by atomic mass is 31.2. The molecule has 4 rings (SSSR count). The van der Waals surface area contributed by atoms with Gasteiger partial charge in [0.15, 0.2) is 0 Å². The van der Waals surface area contributed by atoms with Gasteiger partial charge in [-0.2, -0.15) is 0 Å². The molecule has 34 heavy (non-hydrogen) atoms. The molecule has 0 radical (unpaired) electrons. The molecule has 0 fully saturated rings. The first-order valence-corrected chi connectivity index (χ1v) is 15.0. The van der Waals surface area contributed by atoms with Gasteiger partial charge in [0.1, 0.15) is 5.75 Å². The molecule has 5 heteroatoms. The maximum Gasteiger partial charge on any atom is 0.119 e. The number of rotatable bonds is 9. The first-order chi connectivity index (χ1) is 16.2. The first-order valence-electron chi connectivity index (χ1n) is 12.2. The summed E-state index contributed by atoms with van der Waals surface area (Å²) in [6.07, 6.45) is 6.32. The third kappa shape index (κ3) is 5.85. The Labute approximate surface area is 203 Å².